The summed E-state index contributed by atoms with van der Waals surface area (Å²) in [7, 11) is 0. The van der Waals surface area contributed by atoms with E-state index in [1.165, 1.54) is 0 Å². The van der Waals surface area contributed by atoms with Gasteiger partial charge in [0.15, 0.2) is 0 Å². The average Bonchev–Trinajstić information content (AvgIpc) is 2.59. The summed E-state index contributed by atoms with van der Waals surface area (Å²) in [5.41, 5.74) is 3.00. The number of likely N-dealkylation sites (tertiary alicyclic amines) is 1. The van der Waals surface area contributed by atoms with E-state index in [2.05, 4.69) is 27.7 Å². The molecule has 0 aromatic heterocycles. The van der Waals surface area contributed by atoms with Gasteiger partial charge in [0.25, 0.3) is 0 Å². The van der Waals surface area contributed by atoms with E-state index in [1.54, 1.807) is 0 Å². The van der Waals surface area contributed by atoms with Crippen LogP contribution in [-0.2, 0) is 4.79 Å². The van der Waals surface area contributed by atoms with Crippen LogP contribution in [0.25, 0.3) is 0 Å². The molecule has 1 aromatic rings. The Morgan fingerprint density at radius 3 is 2.46 bits per heavy atom. The van der Waals surface area contributed by atoms with Crippen LogP contribution in [-0.4, -0.2) is 47.7 Å². The van der Waals surface area contributed by atoms with Crippen LogP contribution in [0.2, 0.25) is 0 Å². The highest BCUT2D eigenvalue weighted by atomic mass is 16.3. The summed E-state index contributed by atoms with van der Waals surface area (Å²) in [6.45, 7) is 4.25. The Morgan fingerprint density at radius 2 is 1.79 bits per heavy atom. The molecule has 1 saturated heterocycles. The molecule has 2 aliphatic rings. The van der Waals surface area contributed by atoms with Crippen molar-refractivity contribution in [3.05, 3.63) is 23.8 Å². The minimum Gasteiger partial charge on any atom is -0.393 e. The molecule has 5 heteroatoms. The minimum atomic E-state index is -0.0780. The number of carbonyl (C=O) groups is 1. The van der Waals surface area contributed by atoms with Gasteiger partial charge in [-0.3, -0.25) is 4.79 Å². The number of benzene rings is 1. The summed E-state index contributed by atoms with van der Waals surface area (Å²) in [5, 5.41) is 16.1. The van der Waals surface area contributed by atoms with Gasteiger partial charge in [0.05, 0.1) is 17.5 Å². The van der Waals surface area contributed by atoms with Gasteiger partial charge in [-0.1, -0.05) is 6.07 Å². The number of hydrogen-bond donors (Lipinski definition) is 3. The molecule has 0 radical (unpaired) electrons. The lowest BCUT2D eigenvalue weighted by atomic mass is 9.90. The third-order valence-corrected chi connectivity index (χ3v) is 5.46. The highest BCUT2D eigenvalue weighted by Gasteiger charge is 2.28. The number of amides is 1. The molecule has 1 aromatic carbocycles. The van der Waals surface area contributed by atoms with Crippen molar-refractivity contribution in [2.24, 2.45) is 0 Å². The zero-order valence-electron chi connectivity index (χ0n) is 14.5. The molecule has 0 unspecified atom stereocenters. The Labute approximate surface area is 144 Å². The predicted octanol–water partition coefficient (Wildman–Crippen LogP) is 2.74. The number of hydrogen-bond acceptors (Lipinski definition) is 4. The second kappa shape index (κ2) is 7.99. The Hall–Kier alpha value is -1.59. The van der Waals surface area contributed by atoms with E-state index in [0.717, 1.165) is 75.0 Å². The van der Waals surface area contributed by atoms with E-state index < -0.39 is 0 Å². The van der Waals surface area contributed by atoms with Crippen LogP contribution in [0.3, 0.4) is 0 Å². The second-order valence-corrected chi connectivity index (χ2v) is 7.23. The standard InChI is InChI=1S/C19H29N3O2/c1-14-2-7-18(19(12-14)20-13-23)21-15-8-10-22(11-9-15)16-3-5-17(24)6-4-16/h2,7,12-13,15-17,21,24H,3-6,8-11H2,1H3,(H,20,23). The minimum absolute atomic E-state index is 0.0780. The van der Waals surface area contributed by atoms with Crippen LogP contribution in [0, 0.1) is 6.92 Å². The van der Waals surface area contributed by atoms with E-state index in [1.807, 2.05) is 13.0 Å². The van der Waals surface area contributed by atoms with Crippen LogP contribution < -0.4 is 10.6 Å². The van der Waals surface area contributed by atoms with Crippen molar-refractivity contribution >= 4 is 17.8 Å². The molecule has 0 atom stereocenters. The van der Waals surface area contributed by atoms with Crippen LogP contribution in [0.15, 0.2) is 18.2 Å². The van der Waals surface area contributed by atoms with Gasteiger partial charge in [0, 0.05) is 25.2 Å². The lowest BCUT2D eigenvalue weighted by Gasteiger charge is -2.40. The van der Waals surface area contributed by atoms with Crippen molar-refractivity contribution in [3.63, 3.8) is 0 Å². The SMILES string of the molecule is Cc1ccc(NC2CCN(C3CCC(O)CC3)CC2)c(NC=O)c1. The summed E-state index contributed by atoms with van der Waals surface area (Å²) < 4.78 is 0. The molecular weight excluding hydrogens is 302 g/mol. The molecule has 1 aliphatic heterocycles. The first-order valence-electron chi connectivity index (χ1n) is 9.15. The Bertz CT molecular complexity index is 548. The third-order valence-electron chi connectivity index (χ3n) is 5.46. The van der Waals surface area contributed by atoms with Crippen LogP contribution in [0.1, 0.15) is 44.1 Å². The number of aryl methyl sites for hydroxylation is 1. The largest absolute Gasteiger partial charge is 0.393 e. The fourth-order valence-electron chi connectivity index (χ4n) is 4.02. The van der Waals surface area contributed by atoms with Crippen molar-refractivity contribution in [1.82, 2.24) is 4.90 Å². The normalized spacial score (nSPS) is 26.1. The number of rotatable bonds is 5. The van der Waals surface area contributed by atoms with Crippen molar-refractivity contribution in [2.45, 2.75) is 63.6 Å². The molecular formula is C19H29N3O2. The summed E-state index contributed by atoms with van der Waals surface area (Å²) >= 11 is 0. The Balaban J connectivity index is 1.53. The van der Waals surface area contributed by atoms with Crippen LogP contribution in [0.4, 0.5) is 11.4 Å². The average molecular weight is 331 g/mol. The summed E-state index contributed by atoms with van der Waals surface area (Å²) in [6.07, 6.45) is 7.06. The quantitative estimate of drug-likeness (QED) is 0.726. The monoisotopic (exact) mass is 331 g/mol. The van der Waals surface area contributed by atoms with Gasteiger partial charge in [-0.05, 0) is 63.1 Å². The van der Waals surface area contributed by atoms with Crippen molar-refractivity contribution in [1.29, 1.82) is 0 Å². The molecule has 3 N–H and O–H groups in total. The van der Waals surface area contributed by atoms with Gasteiger partial charge in [0.1, 0.15) is 0 Å². The summed E-state index contributed by atoms with van der Waals surface area (Å²) in [4.78, 5) is 13.4. The molecule has 132 valence electrons. The third kappa shape index (κ3) is 4.28. The Morgan fingerprint density at radius 1 is 1.08 bits per heavy atom. The molecule has 24 heavy (non-hydrogen) atoms. The molecule has 1 aliphatic carbocycles. The van der Waals surface area contributed by atoms with Gasteiger partial charge >= 0.3 is 0 Å². The lowest BCUT2D eigenvalue weighted by Crippen LogP contribution is -2.46. The maximum Gasteiger partial charge on any atom is 0.211 e. The summed E-state index contributed by atoms with van der Waals surface area (Å²) in [6, 6.07) is 7.22. The number of carbonyl (C=O) groups excluding carboxylic acids is 1. The molecule has 5 nitrogen and oxygen atoms in total. The van der Waals surface area contributed by atoms with Crippen LogP contribution in [0.5, 0.6) is 0 Å². The predicted molar refractivity (Wildman–Crippen MR) is 97.3 cm³/mol. The zero-order chi connectivity index (χ0) is 16.9. The number of piperidine rings is 1. The maximum atomic E-state index is 10.8. The number of aliphatic hydroxyl groups excluding tert-OH is 1. The molecule has 3 rings (SSSR count). The number of nitrogens with one attached hydrogen (secondary N) is 2. The zero-order valence-corrected chi connectivity index (χ0v) is 14.5. The number of nitrogens with zero attached hydrogens (tertiary/aromatic N) is 1. The van der Waals surface area contributed by atoms with Gasteiger partial charge < -0.3 is 20.6 Å². The van der Waals surface area contributed by atoms with E-state index >= 15 is 0 Å². The van der Waals surface area contributed by atoms with E-state index in [4.69, 9.17) is 0 Å². The van der Waals surface area contributed by atoms with Crippen molar-refractivity contribution in [3.8, 4) is 0 Å². The smallest absolute Gasteiger partial charge is 0.211 e. The molecule has 0 spiro atoms. The molecule has 1 heterocycles. The molecule has 1 saturated carbocycles. The summed E-state index contributed by atoms with van der Waals surface area (Å²) in [5.74, 6) is 0. The first kappa shape index (κ1) is 17.2. The van der Waals surface area contributed by atoms with E-state index in [-0.39, 0.29) is 6.10 Å². The number of aliphatic hydroxyl groups is 1. The number of anilines is 2. The van der Waals surface area contributed by atoms with E-state index in [9.17, 15) is 9.90 Å². The van der Waals surface area contributed by atoms with Gasteiger partial charge in [-0.2, -0.15) is 0 Å². The molecule has 2 fully saturated rings. The molecule has 0 bridgehead atoms. The van der Waals surface area contributed by atoms with Crippen LogP contribution >= 0.6 is 0 Å². The van der Waals surface area contributed by atoms with Crippen molar-refractivity contribution in [2.75, 3.05) is 23.7 Å². The second-order valence-electron chi connectivity index (χ2n) is 7.23. The Kier molecular flexibility index (Phi) is 5.74. The van der Waals surface area contributed by atoms with Gasteiger partial charge in [-0.25, -0.2) is 0 Å². The first-order valence-corrected chi connectivity index (χ1v) is 9.15. The van der Waals surface area contributed by atoms with Gasteiger partial charge in [-0.15, -0.1) is 0 Å². The first-order chi connectivity index (χ1) is 11.7. The maximum absolute atomic E-state index is 10.8. The van der Waals surface area contributed by atoms with Gasteiger partial charge in [0.2, 0.25) is 6.41 Å². The lowest BCUT2D eigenvalue weighted by molar-refractivity contribution is -0.105. The molecule has 1 amide bonds. The highest BCUT2D eigenvalue weighted by Crippen LogP contribution is 2.28. The highest BCUT2D eigenvalue weighted by molar-refractivity contribution is 5.81. The fourth-order valence-corrected chi connectivity index (χ4v) is 4.02. The van der Waals surface area contributed by atoms with E-state index in [0.29, 0.717) is 12.1 Å². The van der Waals surface area contributed by atoms with Crippen molar-refractivity contribution < 1.29 is 9.90 Å². The fraction of sp³-hybridized carbons (Fsp3) is 0.632. The topological polar surface area (TPSA) is 64.6 Å².